The van der Waals surface area contributed by atoms with E-state index in [9.17, 15) is 9.90 Å². The normalized spacial score (nSPS) is 17.2. The van der Waals surface area contributed by atoms with Crippen molar-refractivity contribution in [2.45, 2.75) is 18.8 Å². The summed E-state index contributed by atoms with van der Waals surface area (Å²) in [7, 11) is 0. The zero-order valence-corrected chi connectivity index (χ0v) is 14.4. The smallest absolute Gasteiger partial charge is 0.254 e. The van der Waals surface area contributed by atoms with Crippen molar-refractivity contribution in [1.82, 2.24) is 14.9 Å². The van der Waals surface area contributed by atoms with E-state index in [1.54, 1.807) is 18.2 Å². The third-order valence-corrected chi connectivity index (χ3v) is 4.87. The number of amides is 1. The van der Waals surface area contributed by atoms with Gasteiger partial charge in [-0.3, -0.25) is 4.79 Å². The molecule has 2 N–H and O–H groups in total. The van der Waals surface area contributed by atoms with Crippen LogP contribution in [0.3, 0.4) is 0 Å². The van der Waals surface area contributed by atoms with E-state index in [0.29, 0.717) is 12.1 Å². The Bertz CT molecular complexity index is 904. The number of carbonyl (C=O) groups excluding carboxylic acids is 1. The molecule has 4 rings (SSSR count). The molecule has 1 aliphatic heterocycles. The van der Waals surface area contributed by atoms with Crippen LogP contribution in [-0.4, -0.2) is 39.0 Å². The van der Waals surface area contributed by atoms with Crippen LogP contribution in [-0.2, 0) is 0 Å². The van der Waals surface area contributed by atoms with E-state index in [2.05, 4.69) is 22.1 Å². The minimum Gasteiger partial charge on any atom is -0.508 e. The maximum atomic E-state index is 12.7. The van der Waals surface area contributed by atoms with Crippen molar-refractivity contribution < 1.29 is 9.90 Å². The highest BCUT2D eigenvalue weighted by Gasteiger charge is 2.27. The van der Waals surface area contributed by atoms with Gasteiger partial charge < -0.3 is 15.0 Å². The van der Waals surface area contributed by atoms with Crippen molar-refractivity contribution in [2.24, 2.45) is 0 Å². The van der Waals surface area contributed by atoms with Crippen LogP contribution in [0.2, 0.25) is 0 Å². The maximum Gasteiger partial charge on any atom is 0.254 e. The molecule has 132 valence electrons. The second kappa shape index (κ2) is 7.04. The molecule has 1 aromatic heterocycles. The number of likely N-dealkylation sites (tertiary alicyclic amines) is 1. The van der Waals surface area contributed by atoms with Gasteiger partial charge in [-0.05, 0) is 36.6 Å². The SMILES string of the molecule is O=C(c1cccc(O)c1)N1CCC[C@H](c2ncc(-c3ccccc3)[nH]2)C1. The van der Waals surface area contributed by atoms with Gasteiger partial charge in [0.2, 0.25) is 0 Å². The van der Waals surface area contributed by atoms with Crippen molar-refractivity contribution in [3.63, 3.8) is 0 Å². The lowest BCUT2D eigenvalue weighted by molar-refractivity contribution is 0.0704. The first-order chi connectivity index (χ1) is 12.7. The highest BCUT2D eigenvalue weighted by molar-refractivity contribution is 5.94. The molecule has 0 bridgehead atoms. The van der Waals surface area contributed by atoms with Gasteiger partial charge in [0.05, 0.1) is 11.9 Å². The third-order valence-electron chi connectivity index (χ3n) is 4.87. The van der Waals surface area contributed by atoms with Crippen molar-refractivity contribution in [3.8, 4) is 17.0 Å². The maximum absolute atomic E-state index is 12.7. The zero-order valence-electron chi connectivity index (χ0n) is 14.4. The minimum absolute atomic E-state index is 0.0413. The van der Waals surface area contributed by atoms with Crippen LogP contribution in [0.15, 0.2) is 60.8 Å². The number of benzene rings is 2. The molecular formula is C21H21N3O2. The average Bonchev–Trinajstić information content (AvgIpc) is 3.18. The molecule has 2 heterocycles. The number of nitrogens with zero attached hydrogens (tertiary/aromatic N) is 2. The summed E-state index contributed by atoms with van der Waals surface area (Å²) >= 11 is 0. The number of phenols is 1. The largest absolute Gasteiger partial charge is 0.508 e. The number of nitrogens with one attached hydrogen (secondary N) is 1. The molecule has 0 unspecified atom stereocenters. The molecule has 1 saturated heterocycles. The predicted molar refractivity (Wildman–Crippen MR) is 100 cm³/mol. The third kappa shape index (κ3) is 3.33. The van der Waals surface area contributed by atoms with Crippen molar-refractivity contribution in [3.05, 3.63) is 72.2 Å². The zero-order chi connectivity index (χ0) is 17.9. The van der Waals surface area contributed by atoms with Gasteiger partial charge in [-0.25, -0.2) is 4.98 Å². The molecule has 26 heavy (non-hydrogen) atoms. The van der Waals surface area contributed by atoms with Gasteiger partial charge in [0.25, 0.3) is 5.91 Å². The summed E-state index contributed by atoms with van der Waals surface area (Å²) in [5, 5.41) is 9.62. The van der Waals surface area contributed by atoms with Gasteiger partial charge in [0.15, 0.2) is 0 Å². The van der Waals surface area contributed by atoms with E-state index < -0.39 is 0 Å². The van der Waals surface area contributed by atoms with Gasteiger partial charge >= 0.3 is 0 Å². The number of phenolic OH excluding ortho intramolecular Hbond substituents is 1. The fraction of sp³-hybridized carbons (Fsp3) is 0.238. The first kappa shape index (κ1) is 16.4. The molecule has 1 aliphatic rings. The van der Waals surface area contributed by atoms with Crippen LogP contribution in [0.1, 0.15) is 34.9 Å². The molecule has 0 spiro atoms. The van der Waals surface area contributed by atoms with Crippen molar-refractivity contribution >= 4 is 5.91 Å². The Morgan fingerprint density at radius 2 is 2.00 bits per heavy atom. The van der Waals surface area contributed by atoms with E-state index in [4.69, 9.17) is 0 Å². The summed E-state index contributed by atoms with van der Waals surface area (Å²) in [5.74, 6) is 1.20. The molecule has 5 nitrogen and oxygen atoms in total. The highest BCUT2D eigenvalue weighted by Crippen LogP contribution is 2.28. The first-order valence-corrected chi connectivity index (χ1v) is 8.89. The Kier molecular flexibility index (Phi) is 4.44. The number of piperidine rings is 1. The molecular weight excluding hydrogens is 326 g/mol. The molecule has 3 aromatic rings. The lowest BCUT2D eigenvalue weighted by Crippen LogP contribution is -2.39. The lowest BCUT2D eigenvalue weighted by Gasteiger charge is -2.32. The summed E-state index contributed by atoms with van der Waals surface area (Å²) in [4.78, 5) is 22.6. The lowest BCUT2D eigenvalue weighted by atomic mass is 9.96. The number of imidazole rings is 1. The van der Waals surface area contributed by atoms with E-state index in [-0.39, 0.29) is 17.6 Å². The topological polar surface area (TPSA) is 69.2 Å². The van der Waals surface area contributed by atoms with E-state index >= 15 is 0 Å². The number of rotatable bonds is 3. The number of carbonyl (C=O) groups is 1. The van der Waals surface area contributed by atoms with Crippen LogP contribution < -0.4 is 0 Å². The van der Waals surface area contributed by atoms with Crippen molar-refractivity contribution in [2.75, 3.05) is 13.1 Å². The van der Waals surface area contributed by atoms with Crippen LogP contribution in [0, 0.1) is 0 Å². The van der Waals surface area contributed by atoms with Gasteiger partial charge in [-0.15, -0.1) is 0 Å². The van der Waals surface area contributed by atoms with Crippen molar-refractivity contribution in [1.29, 1.82) is 0 Å². The fourth-order valence-corrected chi connectivity index (χ4v) is 3.51. The fourth-order valence-electron chi connectivity index (χ4n) is 3.51. The van der Waals surface area contributed by atoms with E-state index in [1.807, 2.05) is 29.3 Å². The second-order valence-electron chi connectivity index (χ2n) is 6.69. The summed E-state index contributed by atoms with van der Waals surface area (Å²) in [5.41, 5.74) is 2.63. The first-order valence-electron chi connectivity index (χ1n) is 8.89. The number of aromatic hydroxyl groups is 1. The molecule has 0 radical (unpaired) electrons. The Morgan fingerprint density at radius 3 is 2.81 bits per heavy atom. The molecule has 2 aromatic carbocycles. The molecule has 0 aliphatic carbocycles. The number of aromatic nitrogens is 2. The summed E-state index contributed by atoms with van der Waals surface area (Å²) in [6.45, 7) is 1.37. The Labute approximate surface area is 152 Å². The molecule has 1 amide bonds. The Hall–Kier alpha value is -3.08. The summed E-state index contributed by atoms with van der Waals surface area (Å²) < 4.78 is 0. The Morgan fingerprint density at radius 1 is 1.15 bits per heavy atom. The van der Waals surface area contributed by atoms with Gasteiger partial charge in [0.1, 0.15) is 11.6 Å². The molecule has 0 saturated carbocycles. The van der Waals surface area contributed by atoms with Crippen LogP contribution in [0.5, 0.6) is 5.75 Å². The number of hydrogen-bond donors (Lipinski definition) is 2. The van der Waals surface area contributed by atoms with Crippen LogP contribution in [0.4, 0.5) is 0 Å². The van der Waals surface area contributed by atoms with Gasteiger partial charge in [-0.2, -0.15) is 0 Å². The number of hydrogen-bond acceptors (Lipinski definition) is 3. The number of H-pyrrole nitrogens is 1. The molecule has 1 fully saturated rings. The summed E-state index contributed by atoms with van der Waals surface area (Å²) in [6.07, 6.45) is 3.81. The quantitative estimate of drug-likeness (QED) is 0.757. The average molecular weight is 347 g/mol. The van der Waals surface area contributed by atoms with Crippen LogP contribution in [0.25, 0.3) is 11.3 Å². The van der Waals surface area contributed by atoms with E-state index in [1.165, 1.54) is 6.07 Å². The Balaban J connectivity index is 1.50. The minimum atomic E-state index is -0.0413. The van der Waals surface area contributed by atoms with Gasteiger partial charge in [0, 0.05) is 24.6 Å². The molecule has 5 heteroatoms. The monoisotopic (exact) mass is 347 g/mol. The molecule has 1 atom stereocenters. The second-order valence-corrected chi connectivity index (χ2v) is 6.69. The summed E-state index contributed by atoms with van der Waals surface area (Å²) in [6, 6.07) is 16.6. The number of aromatic amines is 1. The van der Waals surface area contributed by atoms with E-state index in [0.717, 1.165) is 36.5 Å². The standard InChI is InChI=1S/C21H21N3O2/c25-18-10-4-8-16(12-18)21(26)24-11-5-9-17(14-24)20-22-13-19(23-20)15-6-2-1-3-7-15/h1-4,6-8,10,12-13,17,25H,5,9,11,14H2,(H,22,23)/t17-/m0/s1. The highest BCUT2D eigenvalue weighted by atomic mass is 16.3. The van der Waals surface area contributed by atoms with Crippen LogP contribution >= 0.6 is 0 Å². The predicted octanol–water partition coefficient (Wildman–Crippen LogP) is 3.80. The van der Waals surface area contributed by atoms with Gasteiger partial charge in [-0.1, -0.05) is 36.4 Å².